The first-order valence-electron chi connectivity index (χ1n) is 10.3. The standard InChI is InChI=1S/C22H29N3O5S/c1-14-11-15(2)24-22(27)18(14)13-23-21(26)17-8-9-19(30-4)20(12-17)31(28,29)25-10-6-5-7-16(25)3/h8-9,11-12,16H,5-7,10,13H2,1-4H3,(H,23,26)(H,24,27)/t16-/m0/s1. The lowest BCUT2D eigenvalue weighted by Gasteiger charge is -2.32. The number of H-pyrrole nitrogens is 1. The zero-order valence-electron chi connectivity index (χ0n) is 18.3. The van der Waals surface area contributed by atoms with Gasteiger partial charge in [0.2, 0.25) is 10.0 Å². The van der Waals surface area contributed by atoms with Crippen molar-refractivity contribution in [3.63, 3.8) is 0 Å². The van der Waals surface area contributed by atoms with Crippen LogP contribution in [0.15, 0.2) is 34.0 Å². The Bertz CT molecular complexity index is 1140. The van der Waals surface area contributed by atoms with Crippen molar-refractivity contribution >= 4 is 15.9 Å². The van der Waals surface area contributed by atoms with E-state index < -0.39 is 15.9 Å². The number of hydrogen-bond acceptors (Lipinski definition) is 5. The third-order valence-electron chi connectivity index (χ3n) is 5.67. The highest BCUT2D eigenvalue weighted by Gasteiger charge is 2.33. The SMILES string of the molecule is COc1ccc(C(=O)NCc2c(C)cc(C)[nH]c2=O)cc1S(=O)(=O)N1CCCC[C@@H]1C. The summed E-state index contributed by atoms with van der Waals surface area (Å²) in [5.74, 6) is -0.273. The van der Waals surface area contributed by atoms with Crippen molar-refractivity contribution in [1.29, 1.82) is 0 Å². The molecule has 168 valence electrons. The zero-order valence-corrected chi connectivity index (χ0v) is 19.1. The molecule has 0 aliphatic carbocycles. The minimum absolute atomic E-state index is 0.0271. The minimum Gasteiger partial charge on any atom is -0.495 e. The Morgan fingerprint density at radius 3 is 2.65 bits per heavy atom. The number of pyridine rings is 1. The average molecular weight is 448 g/mol. The molecule has 0 bridgehead atoms. The Morgan fingerprint density at radius 1 is 1.26 bits per heavy atom. The number of carbonyl (C=O) groups excluding carboxylic acids is 1. The second-order valence-electron chi connectivity index (χ2n) is 7.95. The normalized spacial score (nSPS) is 17.4. The van der Waals surface area contributed by atoms with E-state index in [1.165, 1.54) is 29.6 Å². The van der Waals surface area contributed by atoms with Gasteiger partial charge in [-0.15, -0.1) is 0 Å². The number of amides is 1. The Hall–Kier alpha value is -2.65. The lowest BCUT2D eigenvalue weighted by Crippen LogP contribution is -2.42. The van der Waals surface area contributed by atoms with Gasteiger partial charge < -0.3 is 15.0 Å². The van der Waals surface area contributed by atoms with Crippen LogP contribution in [-0.2, 0) is 16.6 Å². The van der Waals surface area contributed by atoms with Gasteiger partial charge in [0.15, 0.2) is 0 Å². The fraction of sp³-hybridized carbons (Fsp3) is 0.455. The van der Waals surface area contributed by atoms with E-state index in [9.17, 15) is 18.0 Å². The molecule has 1 amide bonds. The van der Waals surface area contributed by atoms with Crippen LogP contribution in [0, 0.1) is 13.8 Å². The van der Waals surface area contributed by atoms with E-state index in [-0.39, 0.29) is 34.4 Å². The number of carbonyl (C=O) groups is 1. The van der Waals surface area contributed by atoms with Gasteiger partial charge in [-0.3, -0.25) is 9.59 Å². The Morgan fingerprint density at radius 2 is 2.00 bits per heavy atom. The molecule has 0 spiro atoms. The molecule has 31 heavy (non-hydrogen) atoms. The van der Waals surface area contributed by atoms with Gasteiger partial charge in [-0.25, -0.2) is 8.42 Å². The molecule has 0 saturated carbocycles. The molecule has 1 aliphatic rings. The molecule has 2 aromatic rings. The Balaban J connectivity index is 1.88. The van der Waals surface area contributed by atoms with Gasteiger partial charge in [0.05, 0.1) is 7.11 Å². The van der Waals surface area contributed by atoms with Crippen LogP contribution in [0.1, 0.15) is 53.4 Å². The molecule has 1 aromatic carbocycles. The van der Waals surface area contributed by atoms with Gasteiger partial charge in [0, 0.05) is 36.0 Å². The van der Waals surface area contributed by atoms with Crippen LogP contribution >= 0.6 is 0 Å². The molecule has 1 fully saturated rings. The first-order chi connectivity index (χ1) is 14.6. The van der Waals surface area contributed by atoms with Crippen LogP contribution in [0.4, 0.5) is 0 Å². The van der Waals surface area contributed by atoms with Crippen LogP contribution in [0.25, 0.3) is 0 Å². The molecule has 3 rings (SSSR count). The van der Waals surface area contributed by atoms with Crippen molar-refractivity contribution in [1.82, 2.24) is 14.6 Å². The van der Waals surface area contributed by atoms with E-state index in [2.05, 4.69) is 10.3 Å². The number of benzene rings is 1. The van der Waals surface area contributed by atoms with E-state index in [0.717, 1.165) is 30.5 Å². The van der Waals surface area contributed by atoms with Crippen molar-refractivity contribution in [2.45, 2.75) is 57.5 Å². The number of methoxy groups -OCH3 is 1. The first kappa shape index (κ1) is 23.0. The Kier molecular flexibility index (Phi) is 6.86. The van der Waals surface area contributed by atoms with Crippen molar-refractivity contribution in [2.75, 3.05) is 13.7 Å². The predicted molar refractivity (Wildman–Crippen MR) is 118 cm³/mol. The first-order valence-corrected chi connectivity index (χ1v) is 11.8. The van der Waals surface area contributed by atoms with E-state index in [0.29, 0.717) is 12.1 Å². The van der Waals surface area contributed by atoms with E-state index >= 15 is 0 Å². The number of aryl methyl sites for hydroxylation is 2. The topological polar surface area (TPSA) is 109 Å². The largest absolute Gasteiger partial charge is 0.495 e. The van der Waals surface area contributed by atoms with E-state index in [1.54, 1.807) is 6.92 Å². The molecule has 8 nitrogen and oxygen atoms in total. The fourth-order valence-corrected chi connectivity index (χ4v) is 5.83. The van der Waals surface area contributed by atoms with Crippen molar-refractivity contribution in [3.8, 4) is 5.75 Å². The molecule has 0 unspecified atom stereocenters. The summed E-state index contributed by atoms with van der Waals surface area (Å²) in [4.78, 5) is 27.6. The molecule has 1 aromatic heterocycles. The monoisotopic (exact) mass is 447 g/mol. The summed E-state index contributed by atoms with van der Waals surface area (Å²) in [5, 5.41) is 2.71. The number of aromatic nitrogens is 1. The quantitative estimate of drug-likeness (QED) is 0.707. The summed E-state index contributed by atoms with van der Waals surface area (Å²) >= 11 is 0. The number of hydrogen-bond donors (Lipinski definition) is 2. The zero-order chi connectivity index (χ0) is 22.8. The molecular weight excluding hydrogens is 418 g/mol. The minimum atomic E-state index is -3.82. The average Bonchev–Trinajstić information content (AvgIpc) is 2.72. The number of aromatic amines is 1. The molecule has 1 atom stereocenters. The molecular formula is C22H29N3O5S. The smallest absolute Gasteiger partial charge is 0.253 e. The van der Waals surface area contributed by atoms with Crippen molar-refractivity contribution in [3.05, 3.63) is 57.0 Å². The van der Waals surface area contributed by atoms with E-state index in [4.69, 9.17) is 4.74 Å². The summed E-state index contributed by atoms with van der Waals surface area (Å²) < 4.78 is 33.4. The number of ether oxygens (including phenoxy) is 1. The van der Waals surface area contributed by atoms with Crippen LogP contribution in [-0.4, -0.2) is 43.3 Å². The molecule has 1 saturated heterocycles. The third kappa shape index (κ3) is 4.83. The number of rotatable bonds is 6. The number of nitrogens with one attached hydrogen (secondary N) is 2. The van der Waals surface area contributed by atoms with Gasteiger partial charge >= 0.3 is 0 Å². The second kappa shape index (κ2) is 9.23. The van der Waals surface area contributed by atoms with E-state index in [1.807, 2.05) is 19.9 Å². The van der Waals surface area contributed by atoms with Crippen LogP contribution < -0.4 is 15.6 Å². The lowest BCUT2D eigenvalue weighted by molar-refractivity contribution is 0.0950. The molecule has 1 aliphatic heterocycles. The maximum atomic E-state index is 13.3. The lowest BCUT2D eigenvalue weighted by atomic mass is 10.1. The van der Waals surface area contributed by atoms with Gasteiger partial charge in [0.25, 0.3) is 11.5 Å². The highest BCUT2D eigenvalue weighted by atomic mass is 32.2. The molecule has 0 radical (unpaired) electrons. The van der Waals surface area contributed by atoms with Gasteiger partial charge in [0.1, 0.15) is 10.6 Å². The second-order valence-corrected chi connectivity index (χ2v) is 9.81. The predicted octanol–water partition coefficient (Wildman–Crippen LogP) is 2.49. The van der Waals surface area contributed by atoms with Crippen LogP contribution in [0.5, 0.6) is 5.75 Å². The number of sulfonamides is 1. The Labute approximate surface area is 182 Å². The highest BCUT2D eigenvalue weighted by Crippen LogP contribution is 2.31. The molecule has 2 heterocycles. The van der Waals surface area contributed by atoms with Crippen molar-refractivity contribution < 1.29 is 17.9 Å². The maximum Gasteiger partial charge on any atom is 0.253 e. The summed E-state index contributed by atoms with van der Waals surface area (Å²) in [6.45, 7) is 5.97. The number of piperidine rings is 1. The van der Waals surface area contributed by atoms with Crippen LogP contribution in [0.3, 0.4) is 0 Å². The van der Waals surface area contributed by atoms with Gasteiger partial charge in [-0.2, -0.15) is 4.31 Å². The molecule has 9 heteroatoms. The summed E-state index contributed by atoms with van der Waals surface area (Å²) in [5.41, 5.74) is 1.91. The summed E-state index contributed by atoms with van der Waals surface area (Å²) in [7, 11) is -2.42. The van der Waals surface area contributed by atoms with Gasteiger partial charge in [-0.05, 0) is 63.4 Å². The fourth-order valence-electron chi connectivity index (χ4n) is 3.95. The van der Waals surface area contributed by atoms with Crippen molar-refractivity contribution in [2.24, 2.45) is 0 Å². The summed E-state index contributed by atoms with van der Waals surface area (Å²) in [6, 6.07) is 6.06. The molecule has 2 N–H and O–H groups in total. The number of nitrogens with zero attached hydrogens (tertiary/aromatic N) is 1. The highest BCUT2D eigenvalue weighted by molar-refractivity contribution is 7.89. The third-order valence-corrected chi connectivity index (χ3v) is 7.71. The van der Waals surface area contributed by atoms with Crippen LogP contribution in [0.2, 0.25) is 0 Å². The maximum absolute atomic E-state index is 13.3. The van der Waals surface area contributed by atoms with Gasteiger partial charge in [-0.1, -0.05) is 6.42 Å². The summed E-state index contributed by atoms with van der Waals surface area (Å²) in [6.07, 6.45) is 2.59.